The van der Waals surface area contributed by atoms with E-state index < -0.39 is 11.9 Å². The van der Waals surface area contributed by atoms with Gasteiger partial charge in [0.15, 0.2) is 0 Å². The van der Waals surface area contributed by atoms with Crippen LogP contribution in [0.25, 0.3) is 0 Å². The van der Waals surface area contributed by atoms with Gasteiger partial charge in [0.1, 0.15) is 5.75 Å². The largest absolute Gasteiger partial charge is 0.495 e. The Morgan fingerprint density at radius 3 is 2.40 bits per heavy atom. The first kappa shape index (κ1) is 15.8. The van der Waals surface area contributed by atoms with Gasteiger partial charge in [0.2, 0.25) is 5.91 Å². The van der Waals surface area contributed by atoms with Gasteiger partial charge in [-0.15, -0.1) is 0 Å². The zero-order valence-electron chi connectivity index (χ0n) is 12.1. The highest BCUT2D eigenvalue weighted by atomic mass is 16.5. The SMILES string of the molecule is COc1ccc(C(C)(C)C)cc1NC(=O)/C=C/C(=O)O. The Labute approximate surface area is 118 Å². The zero-order chi connectivity index (χ0) is 15.3. The number of carboxylic acids is 1. The summed E-state index contributed by atoms with van der Waals surface area (Å²) >= 11 is 0. The summed E-state index contributed by atoms with van der Waals surface area (Å²) in [4.78, 5) is 22.0. The molecule has 0 fully saturated rings. The number of nitrogens with one attached hydrogen (secondary N) is 1. The van der Waals surface area contributed by atoms with Gasteiger partial charge in [0, 0.05) is 12.2 Å². The lowest BCUT2D eigenvalue weighted by molar-refractivity contribution is -0.131. The Bertz CT molecular complexity index is 541. The smallest absolute Gasteiger partial charge is 0.328 e. The number of carboxylic acid groups (broad SMARTS) is 1. The van der Waals surface area contributed by atoms with Crippen molar-refractivity contribution in [3.05, 3.63) is 35.9 Å². The second-order valence-electron chi connectivity index (χ2n) is 5.33. The lowest BCUT2D eigenvalue weighted by atomic mass is 9.87. The van der Waals surface area contributed by atoms with E-state index in [2.05, 4.69) is 26.1 Å². The van der Waals surface area contributed by atoms with Crippen molar-refractivity contribution in [2.45, 2.75) is 26.2 Å². The molecule has 2 N–H and O–H groups in total. The molecule has 0 radical (unpaired) electrons. The lowest BCUT2D eigenvalue weighted by Crippen LogP contribution is -2.14. The molecular formula is C15H19NO4. The summed E-state index contributed by atoms with van der Waals surface area (Å²) in [6, 6.07) is 5.53. The van der Waals surface area contributed by atoms with Crippen LogP contribution in [0, 0.1) is 0 Å². The highest BCUT2D eigenvalue weighted by Gasteiger charge is 2.16. The monoisotopic (exact) mass is 277 g/mol. The Morgan fingerprint density at radius 2 is 1.90 bits per heavy atom. The van der Waals surface area contributed by atoms with Gasteiger partial charge < -0.3 is 15.2 Å². The van der Waals surface area contributed by atoms with E-state index in [1.54, 1.807) is 6.07 Å². The maximum atomic E-state index is 11.6. The fourth-order valence-corrected chi connectivity index (χ4v) is 1.59. The summed E-state index contributed by atoms with van der Waals surface area (Å²) in [6.45, 7) is 6.18. The van der Waals surface area contributed by atoms with Crippen LogP contribution in [-0.4, -0.2) is 24.1 Å². The first-order chi connectivity index (χ1) is 9.24. The number of aliphatic carboxylic acids is 1. The average molecular weight is 277 g/mol. The van der Waals surface area contributed by atoms with Crippen molar-refractivity contribution in [2.24, 2.45) is 0 Å². The molecule has 20 heavy (non-hydrogen) atoms. The molecule has 5 nitrogen and oxygen atoms in total. The van der Waals surface area contributed by atoms with E-state index in [0.29, 0.717) is 11.4 Å². The van der Waals surface area contributed by atoms with Crippen LogP contribution in [0.5, 0.6) is 5.75 Å². The number of amides is 1. The molecule has 0 heterocycles. The molecule has 1 aromatic carbocycles. The first-order valence-corrected chi connectivity index (χ1v) is 6.14. The molecule has 0 aliphatic carbocycles. The molecule has 1 aromatic rings. The third-order valence-electron chi connectivity index (χ3n) is 2.70. The molecule has 1 amide bonds. The second kappa shape index (κ2) is 6.23. The summed E-state index contributed by atoms with van der Waals surface area (Å²) < 4.78 is 5.18. The molecule has 0 spiro atoms. The third-order valence-corrected chi connectivity index (χ3v) is 2.70. The fourth-order valence-electron chi connectivity index (χ4n) is 1.59. The number of hydrogen-bond donors (Lipinski definition) is 2. The van der Waals surface area contributed by atoms with Crippen LogP contribution in [0.3, 0.4) is 0 Å². The first-order valence-electron chi connectivity index (χ1n) is 6.14. The highest BCUT2D eigenvalue weighted by Crippen LogP contribution is 2.31. The van der Waals surface area contributed by atoms with E-state index >= 15 is 0 Å². The summed E-state index contributed by atoms with van der Waals surface area (Å²) in [5.41, 5.74) is 1.48. The van der Waals surface area contributed by atoms with E-state index in [-0.39, 0.29) is 5.41 Å². The Balaban J connectivity index is 3.03. The number of anilines is 1. The molecule has 0 saturated carbocycles. The van der Waals surface area contributed by atoms with Crippen LogP contribution in [0.4, 0.5) is 5.69 Å². The van der Waals surface area contributed by atoms with Crippen LogP contribution in [0.2, 0.25) is 0 Å². The van der Waals surface area contributed by atoms with Crippen molar-refractivity contribution in [3.63, 3.8) is 0 Å². The molecule has 5 heteroatoms. The predicted molar refractivity (Wildman–Crippen MR) is 77.1 cm³/mol. The highest BCUT2D eigenvalue weighted by molar-refractivity contribution is 6.03. The quantitative estimate of drug-likeness (QED) is 0.829. The van der Waals surface area contributed by atoms with Crippen LogP contribution in [-0.2, 0) is 15.0 Å². The number of carbonyl (C=O) groups excluding carboxylic acids is 1. The number of ether oxygens (including phenoxy) is 1. The molecule has 108 valence electrons. The topological polar surface area (TPSA) is 75.6 Å². The molecule has 0 unspecified atom stereocenters. The van der Waals surface area contributed by atoms with E-state index in [1.807, 2.05) is 12.1 Å². The van der Waals surface area contributed by atoms with Gasteiger partial charge in [0.05, 0.1) is 12.8 Å². The van der Waals surface area contributed by atoms with Crippen LogP contribution < -0.4 is 10.1 Å². The Kier molecular flexibility index (Phi) is 4.91. The zero-order valence-corrected chi connectivity index (χ0v) is 12.1. The van der Waals surface area contributed by atoms with Gasteiger partial charge in [-0.25, -0.2) is 4.79 Å². The molecule has 0 aromatic heterocycles. The van der Waals surface area contributed by atoms with E-state index in [0.717, 1.165) is 17.7 Å². The standard InChI is InChI=1S/C15H19NO4/c1-15(2,3)10-5-6-12(20-4)11(9-10)16-13(17)7-8-14(18)19/h5-9H,1-4H3,(H,16,17)(H,18,19)/b8-7+. The maximum Gasteiger partial charge on any atom is 0.328 e. The molecule has 0 bridgehead atoms. The van der Waals surface area contributed by atoms with Crippen LogP contribution in [0.15, 0.2) is 30.4 Å². The number of benzene rings is 1. The number of hydrogen-bond acceptors (Lipinski definition) is 3. The summed E-state index contributed by atoms with van der Waals surface area (Å²) in [5, 5.41) is 11.1. The number of methoxy groups -OCH3 is 1. The van der Waals surface area contributed by atoms with Crippen molar-refractivity contribution in [2.75, 3.05) is 12.4 Å². The minimum atomic E-state index is -1.17. The van der Waals surface area contributed by atoms with Crippen molar-refractivity contribution >= 4 is 17.6 Å². The van der Waals surface area contributed by atoms with Gasteiger partial charge in [-0.2, -0.15) is 0 Å². The average Bonchev–Trinajstić information content (AvgIpc) is 2.35. The van der Waals surface area contributed by atoms with Crippen molar-refractivity contribution in [1.82, 2.24) is 0 Å². The van der Waals surface area contributed by atoms with Crippen molar-refractivity contribution in [1.29, 1.82) is 0 Å². The van der Waals surface area contributed by atoms with Gasteiger partial charge in [-0.3, -0.25) is 4.79 Å². The molecule has 0 aliphatic heterocycles. The molecule has 0 atom stereocenters. The third kappa shape index (κ3) is 4.42. The summed E-state index contributed by atoms with van der Waals surface area (Å²) in [7, 11) is 1.51. The summed E-state index contributed by atoms with van der Waals surface area (Å²) in [5.74, 6) is -1.16. The Morgan fingerprint density at radius 1 is 1.25 bits per heavy atom. The lowest BCUT2D eigenvalue weighted by Gasteiger charge is -2.21. The van der Waals surface area contributed by atoms with E-state index in [4.69, 9.17) is 9.84 Å². The molecular weight excluding hydrogens is 258 g/mol. The van der Waals surface area contributed by atoms with Crippen LogP contribution >= 0.6 is 0 Å². The van der Waals surface area contributed by atoms with Gasteiger partial charge in [-0.1, -0.05) is 26.8 Å². The second-order valence-corrected chi connectivity index (χ2v) is 5.33. The maximum absolute atomic E-state index is 11.6. The summed E-state index contributed by atoms with van der Waals surface area (Å²) in [6.07, 6.45) is 1.75. The van der Waals surface area contributed by atoms with E-state index in [9.17, 15) is 9.59 Å². The normalized spacial score (nSPS) is 11.4. The van der Waals surface area contributed by atoms with Gasteiger partial charge in [-0.05, 0) is 23.1 Å². The Hall–Kier alpha value is -2.30. The molecule has 0 aliphatic rings. The number of rotatable bonds is 4. The predicted octanol–water partition coefficient (Wildman–Crippen LogP) is 2.57. The van der Waals surface area contributed by atoms with Gasteiger partial charge in [0.25, 0.3) is 0 Å². The van der Waals surface area contributed by atoms with E-state index in [1.165, 1.54) is 7.11 Å². The van der Waals surface area contributed by atoms with Crippen LogP contribution in [0.1, 0.15) is 26.3 Å². The molecule has 0 saturated heterocycles. The minimum Gasteiger partial charge on any atom is -0.495 e. The fraction of sp³-hybridized carbons (Fsp3) is 0.333. The molecule has 1 rings (SSSR count). The van der Waals surface area contributed by atoms with Gasteiger partial charge >= 0.3 is 5.97 Å². The van der Waals surface area contributed by atoms with Crippen molar-refractivity contribution in [3.8, 4) is 5.75 Å². The van der Waals surface area contributed by atoms with Crippen molar-refractivity contribution < 1.29 is 19.4 Å². The number of carbonyl (C=O) groups is 2. The minimum absolute atomic E-state index is 0.0668.